The Balaban J connectivity index is 0. The number of aliphatic hydroxyl groups is 1. The fourth-order valence-electron chi connectivity index (χ4n) is 0.139. The van der Waals surface area contributed by atoms with Gasteiger partial charge in [0.1, 0.15) is 0 Å². The second-order valence-corrected chi connectivity index (χ2v) is 1.18. The van der Waals surface area contributed by atoms with Gasteiger partial charge in [0.05, 0.1) is 12.7 Å². The van der Waals surface area contributed by atoms with Crippen LogP contribution in [0.15, 0.2) is 0 Å². The zero-order valence-corrected chi connectivity index (χ0v) is 4.94. The lowest BCUT2D eigenvalue weighted by Crippen LogP contribution is -2.13. The highest BCUT2D eigenvalue weighted by molar-refractivity contribution is 5.85. The second kappa shape index (κ2) is 6.17. The van der Waals surface area contributed by atoms with Crippen molar-refractivity contribution in [2.45, 2.75) is 13.0 Å². The summed E-state index contributed by atoms with van der Waals surface area (Å²) in [4.78, 5) is 4.05. The third-order valence-corrected chi connectivity index (χ3v) is 0.337. The minimum Gasteiger partial charge on any atom is -0.391 e. The molecule has 1 atom stereocenters. The van der Waals surface area contributed by atoms with E-state index in [4.69, 9.17) is 5.11 Å². The Morgan fingerprint density at radius 1 is 1.86 bits per heavy atom. The minimum atomic E-state index is -0.449. The summed E-state index contributed by atoms with van der Waals surface area (Å²) in [6.45, 7) is 1.81. The van der Waals surface area contributed by atoms with E-state index >= 15 is 0 Å². The van der Waals surface area contributed by atoms with E-state index in [0.29, 0.717) is 0 Å². The van der Waals surface area contributed by atoms with Crippen molar-refractivity contribution in [1.82, 2.24) is 0 Å². The molecule has 4 heteroatoms. The molecular weight excluding hydrogens is 117 g/mol. The fraction of sp³-hybridized carbons (Fsp3) is 1.00. The van der Waals surface area contributed by atoms with E-state index in [1.165, 1.54) is 0 Å². The largest absolute Gasteiger partial charge is 0.391 e. The van der Waals surface area contributed by atoms with Gasteiger partial charge >= 0.3 is 0 Å². The van der Waals surface area contributed by atoms with Crippen molar-refractivity contribution in [1.29, 1.82) is 0 Å². The molecule has 0 aliphatic heterocycles. The van der Waals surface area contributed by atoms with Crippen molar-refractivity contribution in [2.75, 3.05) is 6.61 Å². The highest BCUT2D eigenvalue weighted by Crippen LogP contribution is 1.73. The quantitative estimate of drug-likeness (QED) is 0.500. The lowest BCUT2D eigenvalue weighted by molar-refractivity contribution is 0.0463. The molecule has 0 aliphatic rings. The predicted octanol–water partition coefficient (Wildman–Crippen LogP) is -0.321. The minimum absolute atomic E-state index is 0. The molecule has 0 spiro atoms. The third kappa shape index (κ3) is 10.7. The van der Waals surface area contributed by atoms with E-state index in [2.05, 4.69) is 10.7 Å². The van der Waals surface area contributed by atoms with Gasteiger partial charge < -0.3 is 9.94 Å². The molecule has 0 saturated heterocycles. The predicted molar refractivity (Wildman–Crippen MR) is 29.1 cm³/mol. The molecule has 0 amide bonds. The van der Waals surface area contributed by atoms with E-state index in [-0.39, 0.29) is 19.0 Å². The first-order chi connectivity index (χ1) is 2.77. The summed E-state index contributed by atoms with van der Waals surface area (Å²) in [5.74, 6) is 4.57. The number of aliphatic hydroxyl groups excluding tert-OH is 1. The summed E-state index contributed by atoms with van der Waals surface area (Å²) >= 11 is 0. The monoisotopic (exact) mass is 127 g/mol. The van der Waals surface area contributed by atoms with Gasteiger partial charge in [-0.25, -0.2) is 5.90 Å². The molecule has 3 N–H and O–H groups in total. The molecule has 0 saturated carbocycles. The Kier molecular flexibility index (Phi) is 9.00. The van der Waals surface area contributed by atoms with Crippen molar-refractivity contribution >= 4 is 12.4 Å². The lowest BCUT2D eigenvalue weighted by atomic mass is 10.5. The molecule has 0 fully saturated rings. The zero-order valence-electron chi connectivity index (χ0n) is 4.13. The lowest BCUT2D eigenvalue weighted by Gasteiger charge is -1.96. The third-order valence-electron chi connectivity index (χ3n) is 0.337. The number of hydrogen-bond acceptors (Lipinski definition) is 3. The van der Waals surface area contributed by atoms with Gasteiger partial charge in [-0.05, 0) is 6.92 Å². The number of hydrogen-bond donors (Lipinski definition) is 2. The van der Waals surface area contributed by atoms with Crippen LogP contribution in [0.4, 0.5) is 0 Å². The molecule has 0 heterocycles. The Labute approximate surface area is 48.8 Å². The van der Waals surface area contributed by atoms with E-state index in [1.54, 1.807) is 6.92 Å². The molecule has 0 radical (unpaired) electrons. The van der Waals surface area contributed by atoms with Gasteiger partial charge in [-0.15, -0.1) is 12.4 Å². The van der Waals surface area contributed by atoms with Gasteiger partial charge in [0, 0.05) is 0 Å². The van der Waals surface area contributed by atoms with E-state index in [0.717, 1.165) is 0 Å². The van der Waals surface area contributed by atoms with Crippen molar-refractivity contribution in [3.05, 3.63) is 0 Å². The molecule has 0 unspecified atom stereocenters. The van der Waals surface area contributed by atoms with E-state index in [1.807, 2.05) is 0 Å². The summed E-state index contributed by atoms with van der Waals surface area (Å²) in [7, 11) is 0. The van der Waals surface area contributed by atoms with Crippen molar-refractivity contribution < 1.29 is 9.94 Å². The summed E-state index contributed by atoms with van der Waals surface area (Å²) in [6, 6.07) is 0. The maximum Gasteiger partial charge on any atom is 0.0935 e. The Morgan fingerprint density at radius 2 is 2.29 bits per heavy atom. The molecule has 0 aromatic carbocycles. The maximum atomic E-state index is 8.35. The van der Waals surface area contributed by atoms with Crippen LogP contribution in [0.25, 0.3) is 0 Å². The summed E-state index contributed by atoms with van der Waals surface area (Å²) < 4.78 is 0. The summed E-state index contributed by atoms with van der Waals surface area (Å²) in [5, 5.41) is 8.35. The second-order valence-electron chi connectivity index (χ2n) is 1.18. The first-order valence-corrected chi connectivity index (χ1v) is 1.77. The highest BCUT2D eigenvalue weighted by atomic mass is 35.5. The van der Waals surface area contributed by atoms with Crippen LogP contribution in [-0.4, -0.2) is 17.8 Å². The molecule has 0 aliphatic carbocycles. The molecule has 3 nitrogen and oxygen atoms in total. The van der Waals surface area contributed by atoms with Gasteiger partial charge in [0.2, 0.25) is 0 Å². The van der Waals surface area contributed by atoms with Gasteiger partial charge in [-0.2, -0.15) is 0 Å². The van der Waals surface area contributed by atoms with Crippen LogP contribution >= 0.6 is 12.4 Å². The van der Waals surface area contributed by atoms with E-state index < -0.39 is 6.10 Å². The molecule has 7 heavy (non-hydrogen) atoms. The highest BCUT2D eigenvalue weighted by Gasteiger charge is 1.88. The van der Waals surface area contributed by atoms with Gasteiger partial charge in [0.15, 0.2) is 0 Å². The van der Waals surface area contributed by atoms with Gasteiger partial charge in [0.25, 0.3) is 0 Å². The zero-order chi connectivity index (χ0) is 4.99. The molecular formula is C3H10ClNO2. The van der Waals surface area contributed by atoms with Crippen LogP contribution in [0.3, 0.4) is 0 Å². The maximum absolute atomic E-state index is 8.35. The smallest absolute Gasteiger partial charge is 0.0935 e. The van der Waals surface area contributed by atoms with Crippen molar-refractivity contribution in [2.24, 2.45) is 5.90 Å². The summed E-state index contributed by atoms with van der Waals surface area (Å²) in [5.41, 5.74) is 0. The number of nitrogens with two attached hydrogens (primary N) is 1. The molecule has 46 valence electrons. The van der Waals surface area contributed by atoms with Gasteiger partial charge in [-0.1, -0.05) is 0 Å². The van der Waals surface area contributed by atoms with Crippen LogP contribution in [-0.2, 0) is 4.84 Å². The van der Waals surface area contributed by atoms with Gasteiger partial charge in [-0.3, -0.25) is 0 Å². The normalized spacial score (nSPS) is 12.4. The fourth-order valence-corrected chi connectivity index (χ4v) is 0.139. The van der Waals surface area contributed by atoms with Crippen LogP contribution in [0.5, 0.6) is 0 Å². The standard InChI is InChI=1S/C3H9NO2.ClH/c1-3(5)2-6-4;/h3,5H,2,4H2,1H3;1H/t3-;/m1./s1. The average molecular weight is 128 g/mol. The molecule has 0 bridgehead atoms. The molecule has 0 aromatic rings. The Hall–Kier alpha value is 0.170. The van der Waals surface area contributed by atoms with Crippen LogP contribution in [0.2, 0.25) is 0 Å². The molecule has 0 rings (SSSR count). The number of halogens is 1. The Morgan fingerprint density at radius 3 is 2.29 bits per heavy atom. The van der Waals surface area contributed by atoms with Crippen LogP contribution < -0.4 is 5.90 Å². The van der Waals surface area contributed by atoms with Crippen LogP contribution in [0.1, 0.15) is 6.92 Å². The van der Waals surface area contributed by atoms with Crippen LogP contribution in [0, 0.1) is 0 Å². The summed E-state index contributed by atoms with van der Waals surface area (Å²) in [6.07, 6.45) is -0.449. The van der Waals surface area contributed by atoms with E-state index in [9.17, 15) is 0 Å². The Bertz CT molecular complexity index is 34.1. The number of rotatable bonds is 2. The average Bonchev–Trinajstić information content (AvgIpc) is 1.35. The molecule has 0 aromatic heterocycles. The van der Waals surface area contributed by atoms with Crippen molar-refractivity contribution in [3.63, 3.8) is 0 Å². The SMILES string of the molecule is C[C@@H](O)CON.Cl. The topological polar surface area (TPSA) is 55.5 Å². The van der Waals surface area contributed by atoms with Crippen molar-refractivity contribution in [3.8, 4) is 0 Å². The first-order valence-electron chi connectivity index (χ1n) is 1.77. The first kappa shape index (κ1) is 10.2.